The molecule has 0 saturated heterocycles. The van der Waals surface area contributed by atoms with E-state index >= 15 is 0 Å². The molecule has 0 N–H and O–H groups in total. The molecule has 3 nitrogen and oxygen atoms in total. The highest BCUT2D eigenvalue weighted by molar-refractivity contribution is 6.74. The van der Waals surface area contributed by atoms with Gasteiger partial charge in [0.1, 0.15) is 5.58 Å². The number of hydrogen-bond donors (Lipinski definition) is 0. The number of carbonyl (C=O) groups excluding carboxylic acids is 1. The first-order valence-corrected chi connectivity index (χ1v) is 10.7. The van der Waals surface area contributed by atoms with Gasteiger partial charge in [-0.25, -0.2) is 0 Å². The quantitative estimate of drug-likeness (QED) is 0.520. The summed E-state index contributed by atoms with van der Waals surface area (Å²) >= 11 is 5.94. The Labute approximate surface area is 137 Å². The van der Waals surface area contributed by atoms with Crippen LogP contribution in [0, 0.1) is 0 Å². The van der Waals surface area contributed by atoms with E-state index in [9.17, 15) is 4.79 Å². The largest absolute Gasteiger partial charge is 0.453 e. The summed E-state index contributed by atoms with van der Waals surface area (Å²) in [6.07, 6.45) is 0.333. The van der Waals surface area contributed by atoms with Crippen LogP contribution < -0.4 is 0 Å². The van der Waals surface area contributed by atoms with Crippen LogP contribution in [0.5, 0.6) is 0 Å². The van der Waals surface area contributed by atoms with Crippen LogP contribution in [-0.2, 0) is 4.43 Å². The van der Waals surface area contributed by atoms with Gasteiger partial charge in [-0.2, -0.15) is 0 Å². The zero-order chi connectivity index (χ0) is 16.5. The maximum atomic E-state index is 12.2. The van der Waals surface area contributed by atoms with Gasteiger partial charge in [-0.15, -0.1) is 0 Å². The first-order valence-electron chi connectivity index (χ1n) is 7.46. The summed E-state index contributed by atoms with van der Waals surface area (Å²) in [6, 6.07) is 7.07. The number of hydrogen-bond acceptors (Lipinski definition) is 3. The molecule has 0 unspecified atom stereocenters. The zero-order valence-electron chi connectivity index (χ0n) is 13.8. The molecule has 0 fully saturated rings. The molecule has 1 aromatic heterocycles. The summed E-state index contributed by atoms with van der Waals surface area (Å²) in [7, 11) is -1.81. The molecule has 2 rings (SSSR count). The maximum Gasteiger partial charge on any atom is 0.200 e. The fraction of sp³-hybridized carbons (Fsp3) is 0.471. The molecule has 0 spiro atoms. The highest BCUT2D eigenvalue weighted by Crippen LogP contribution is 2.36. The van der Waals surface area contributed by atoms with Crippen LogP contribution in [0.15, 0.2) is 28.7 Å². The van der Waals surface area contributed by atoms with E-state index in [0.29, 0.717) is 29.4 Å². The van der Waals surface area contributed by atoms with Crippen molar-refractivity contribution in [1.82, 2.24) is 0 Å². The predicted octanol–water partition coefficient (Wildman–Crippen LogP) is 5.68. The fourth-order valence-electron chi connectivity index (χ4n) is 1.89. The molecule has 0 aliphatic heterocycles. The smallest absolute Gasteiger partial charge is 0.200 e. The average molecular weight is 339 g/mol. The van der Waals surface area contributed by atoms with Crippen molar-refractivity contribution in [2.24, 2.45) is 0 Å². The van der Waals surface area contributed by atoms with E-state index in [-0.39, 0.29) is 10.8 Å². The Hall–Kier alpha value is -1.10. The number of halogens is 1. The van der Waals surface area contributed by atoms with E-state index in [4.69, 9.17) is 20.4 Å². The van der Waals surface area contributed by atoms with Crippen LogP contribution in [0.2, 0.25) is 23.2 Å². The number of ketones is 1. The summed E-state index contributed by atoms with van der Waals surface area (Å²) in [4.78, 5) is 12.2. The lowest BCUT2D eigenvalue weighted by molar-refractivity contribution is 0.0934. The highest BCUT2D eigenvalue weighted by Gasteiger charge is 2.37. The van der Waals surface area contributed by atoms with Gasteiger partial charge in [0.05, 0.1) is 0 Å². The molecule has 2 aromatic rings. The Morgan fingerprint density at radius 2 is 1.95 bits per heavy atom. The van der Waals surface area contributed by atoms with Crippen molar-refractivity contribution in [3.05, 3.63) is 35.0 Å². The van der Waals surface area contributed by atoms with E-state index in [0.717, 1.165) is 5.39 Å². The molecule has 5 heteroatoms. The second-order valence-corrected chi connectivity index (χ2v) is 12.3. The minimum absolute atomic E-state index is 0.0361. The molecule has 120 valence electrons. The second-order valence-electron chi connectivity index (χ2n) is 7.07. The summed E-state index contributed by atoms with van der Waals surface area (Å²) in [5.74, 6) is 0.335. The van der Waals surface area contributed by atoms with E-state index in [2.05, 4.69) is 33.9 Å². The Bertz CT molecular complexity index is 683. The van der Waals surface area contributed by atoms with Crippen molar-refractivity contribution in [3.8, 4) is 0 Å². The Balaban J connectivity index is 2.00. The molecule has 0 aliphatic carbocycles. The number of fused-ring (bicyclic) bond motifs is 1. The summed E-state index contributed by atoms with van der Waals surface area (Å²) in [5.41, 5.74) is 0.679. The van der Waals surface area contributed by atoms with E-state index in [1.54, 1.807) is 24.3 Å². The number of benzene rings is 1. The van der Waals surface area contributed by atoms with Gasteiger partial charge in [-0.1, -0.05) is 32.4 Å². The standard InChI is InChI=1S/C17H23ClO3Si/c1-17(2,3)22(4,5)20-9-8-14(19)16-11-12-10-13(18)6-7-15(12)21-16/h6-7,10-11H,8-9H2,1-5H3. The van der Waals surface area contributed by atoms with E-state index in [1.165, 1.54) is 0 Å². The first kappa shape index (κ1) is 17.3. The van der Waals surface area contributed by atoms with Crippen LogP contribution in [0.25, 0.3) is 11.0 Å². The van der Waals surface area contributed by atoms with Crippen LogP contribution >= 0.6 is 11.6 Å². The molecule has 0 saturated carbocycles. The van der Waals surface area contributed by atoms with E-state index < -0.39 is 8.32 Å². The van der Waals surface area contributed by atoms with Crippen molar-refractivity contribution in [3.63, 3.8) is 0 Å². The van der Waals surface area contributed by atoms with Crippen LogP contribution in [-0.4, -0.2) is 20.7 Å². The molecule has 0 bridgehead atoms. The normalized spacial score (nSPS) is 12.8. The Morgan fingerprint density at radius 3 is 2.59 bits per heavy atom. The van der Waals surface area contributed by atoms with Crippen molar-refractivity contribution in [2.45, 2.75) is 45.3 Å². The lowest BCUT2D eigenvalue weighted by Gasteiger charge is -2.36. The maximum absolute atomic E-state index is 12.2. The molecular weight excluding hydrogens is 316 g/mol. The van der Waals surface area contributed by atoms with Gasteiger partial charge in [0.2, 0.25) is 0 Å². The SMILES string of the molecule is CC(C)(C)[Si](C)(C)OCCC(=O)c1cc2cc(Cl)ccc2o1. The van der Waals surface area contributed by atoms with Gasteiger partial charge in [-0.05, 0) is 42.4 Å². The molecule has 0 amide bonds. The van der Waals surface area contributed by atoms with Crippen LogP contribution in [0.4, 0.5) is 0 Å². The molecule has 22 heavy (non-hydrogen) atoms. The first-order chi connectivity index (χ1) is 10.1. The van der Waals surface area contributed by atoms with Gasteiger partial charge in [0.25, 0.3) is 0 Å². The summed E-state index contributed by atoms with van der Waals surface area (Å²) < 4.78 is 11.6. The molecule has 0 aliphatic rings. The minimum atomic E-state index is -1.81. The monoisotopic (exact) mass is 338 g/mol. The minimum Gasteiger partial charge on any atom is -0.453 e. The predicted molar refractivity (Wildman–Crippen MR) is 93.3 cm³/mol. The Morgan fingerprint density at radius 1 is 1.27 bits per heavy atom. The zero-order valence-corrected chi connectivity index (χ0v) is 15.6. The third kappa shape index (κ3) is 3.80. The molecule has 1 heterocycles. The third-order valence-corrected chi connectivity index (χ3v) is 9.12. The van der Waals surface area contributed by atoms with Crippen molar-refractivity contribution in [2.75, 3.05) is 6.61 Å². The number of furan rings is 1. The summed E-state index contributed by atoms with van der Waals surface area (Å²) in [6.45, 7) is 11.4. The number of Topliss-reactive ketones (excluding diaryl/α,β-unsaturated/α-hetero) is 1. The lowest BCUT2D eigenvalue weighted by Crippen LogP contribution is -2.41. The van der Waals surface area contributed by atoms with Gasteiger partial charge in [-0.3, -0.25) is 4.79 Å². The molecule has 0 atom stereocenters. The van der Waals surface area contributed by atoms with Gasteiger partial charge in [0, 0.05) is 23.4 Å². The van der Waals surface area contributed by atoms with Crippen LogP contribution in [0.3, 0.4) is 0 Å². The van der Waals surface area contributed by atoms with Gasteiger partial charge in [0.15, 0.2) is 19.9 Å². The number of rotatable bonds is 5. The van der Waals surface area contributed by atoms with E-state index in [1.807, 2.05) is 0 Å². The topological polar surface area (TPSA) is 39.4 Å². The lowest BCUT2D eigenvalue weighted by atomic mass is 10.2. The molecule has 0 radical (unpaired) electrons. The van der Waals surface area contributed by atoms with Crippen molar-refractivity contribution >= 4 is 36.7 Å². The second kappa shape index (κ2) is 6.18. The third-order valence-electron chi connectivity index (χ3n) is 4.35. The van der Waals surface area contributed by atoms with Crippen LogP contribution in [0.1, 0.15) is 37.7 Å². The van der Waals surface area contributed by atoms with Gasteiger partial charge >= 0.3 is 0 Å². The Kier molecular flexibility index (Phi) is 4.85. The highest BCUT2D eigenvalue weighted by atomic mass is 35.5. The molecule has 1 aromatic carbocycles. The summed E-state index contributed by atoms with van der Waals surface area (Å²) in [5, 5.41) is 1.63. The van der Waals surface area contributed by atoms with Crippen molar-refractivity contribution in [1.29, 1.82) is 0 Å². The number of carbonyl (C=O) groups is 1. The average Bonchev–Trinajstić information content (AvgIpc) is 2.80. The van der Waals surface area contributed by atoms with Gasteiger partial charge < -0.3 is 8.84 Å². The molecular formula is C17H23ClO3Si. The fourth-order valence-corrected chi connectivity index (χ4v) is 3.12. The van der Waals surface area contributed by atoms with Crippen molar-refractivity contribution < 1.29 is 13.6 Å².